The van der Waals surface area contributed by atoms with Crippen LogP contribution in [-0.2, 0) is 6.54 Å². The Labute approximate surface area is 110 Å². The molecule has 5 nitrogen and oxygen atoms in total. The average Bonchev–Trinajstić information content (AvgIpc) is 2.87. The van der Waals surface area contributed by atoms with Gasteiger partial charge in [0.25, 0.3) is 0 Å². The highest BCUT2D eigenvalue weighted by molar-refractivity contribution is 7.09. The lowest BCUT2D eigenvalue weighted by atomic mass is 10.1. The molecule has 18 heavy (non-hydrogen) atoms. The van der Waals surface area contributed by atoms with Gasteiger partial charge in [-0.05, 0) is 12.1 Å². The minimum atomic E-state index is 0.559. The summed E-state index contributed by atoms with van der Waals surface area (Å²) in [6.07, 6.45) is 0. The molecule has 6 heteroatoms. The van der Waals surface area contributed by atoms with E-state index >= 15 is 0 Å². The smallest absolute Gasteiger partial charge is 0.131 e. The van der Waals surface area contributed by atoms with Crippen molar-refractivity contribution >= 4 is 11.3 Å². The first-order valence-electron chi connectivity index (χ1n) is 5.38. The van der Waals surface area contributed by atoms with Crippen LogP contribution in [0.2, 0.25) is 0 Å². The minimum Gasteiger partial charge on any atom is -0.497 e. The zero-order valence-electron chi connectivity index (χ0n) is 10.3. The summed E-state index contributed by atoms with van der Waals surface area (Å²) in [5.74, 6) is 6.78. The number of benzene rings is 1. The first kappa shape index (κ1) is 12.8. The number of methoxy groups -OCH3 is 2. The number of thiazole rings is 1. The third-order valence-corrected chi connectivity index (χ3v) is 3.34. The van der Waals surface area contributed by atoms with Crippen LogP contribution in [0.3, 0.4) is 0 Å². The first-order chi connectivity index (χ1) is 8.78. The maximum atomic E-state index is 5.36. The van der Waals surface area contributed by atoms with Gasteiger partial charge in [0, 0.05) is 17.0 Å². The lowest BCUT2D eigenvalue weighted by Crippen LogP contribution is -2.20. The molecule has 0 radical (unpaired) electrons. The summed E-state index contributed by atoms with van der Waals surface area (Å²) in [6, 6.07) is 5.67. The first-order valence-corrected chi connectivity index (χ1v) is 6.26. The highest BCUT2D eigenvalue weighted by atomic mass is 32.1. The minimum absolute atomic E-state index is 0.559. The van der Waals surface area contributed by atoms with Gasteiger partial charge >= 0.3 is 0 Å². The molecule has 1 aromatic heterocycles. The fourth-order valence-corrected chi connectivity index (χ4v) is 2.36. The van der Waals surface area contributed by atoms with E-state index in [1.165, 1.54) is 0 Å². The van der Waals surface area contributed by atoms with Crippen LogP contribution in [0, 0.1) is 0 Å². The number of nitrogens with zero attached hydrogens (tertiary/aromatic N) is 1. The van der Waals surface area contributed by atoms with E-state index in [0.717, 1.165) is 27.8 Å². The van der Waals surface area contributed by atoms with Crippen LogP contribution in [0.15, 0.2) is 23.6 Å². The molecular weight excluding hydrogens is 250 g/mol. The monoisotopic (exact) mass is 265 g/mol. The van der Waals surface area contributed by atoms with Crippen molar-refractivity contribution in [1.82, 2.24) is 10.4 Å². The molecule has 0 saturated heterocycles. The van der Waals surface area contributed by atoms with Gasteiger partial charge in [-0.3, -0.25) is 11.3 Å². The van der Waals surface area contributed by atoms with Gasteiger partial charge in [0.2, 0.25) is 0 Å². The third kappa shape index (κ3) is 2.61. The molecule has 0 fully saturated rings. The molecule has 96 valence electrons. The standard InChI is InChI=1S/C12H15N3O2S/c1-16-8-3-4-9(11(5-8)17-2)10-7-18-12(15-10)6-14-13/h3-5,7,14H,6,13H2,1-2H3. The summed E-state index contributed by atoms with van der Waals surface area (Å²) >= 11 is 1.56. The van der Waals surface area contributed by atoms with Gasteiger partial charge in [-0.15, -0.1) is 11.3 Å². The van der Waals surface area contributed by atoms with Gasteiger partial charge in [0.1, 0.15) is 16.5 Å². The summed E-state index contributed by atoms with van der Waals surface area (Å²) in [4.78, 5) is 4.49. The lowest BCUT2D eigenvalue weighted by Gasteiger charge is -2.08. The Hall–Kier alpha value is -1.63. The van der Waals surface area contributed by atoms with Gasteiger partial charge in [0.05, 0.1) is 26.5 Å². The van der Waals surface area contributed by atoms with Crippen LogP contribution in [0.4, 0.5) is 0 Å². The Kier molecular flexibility index (Phi) is 4.14. The molecule has 0 aliphatic heterocycles. The Morgan fingerprint density at radius 3 is 2.83 bits per heavy atom. The highest BCUT2D eigenvalue weighted by Crippen LogP contribution is 2.33. The van der Waals surface area contributed by atoms with Gasteiger partial charge in [-0.25, -0.2) is 4.98 Å². The fourth-order valence-electron chi connectivity index (χ4n) is 1.61. The van der Waals surface area contributed by atoms with Crippen molar-refractivity contribution in [1.29, 1.82) is 0 Å². The molecule has 2 aromatic rings. The third-order valence-electron chi connectivity index (χ3n) is 2.49. The predicted octanol–water partition coefficient (Wildman–Crippen LogP) is 1.79. The van der Waals surface area contributed by atoms with E-state index in [2.05, 4.69) is 10.4 Å². The Morgan fingerprint density at radius 1 is 1.33 bits per heavy atom. The van der Waals surface area contributed by atoms with Gasteiger partial charge in [0.15, 0.2) is 0 Å². The number of ether oxygens (including phenoxy) is 2. The molecule has 1 aromatic carbocycles. The van der Waals surface area contributed by atoms with E-state index < -0.39 is 0 Å². The number of nitrogens with one attached hydrogen (secondary N) is 1. The van der Waals surface area contributed by atoms with Gasteiger partial charge < -0.3 is 9.47 Å². The lowest BCUT2D eigenvalue weighted by molar-refractivity contribution is 0.395. The number of hydrogen-bond donors (Lipinski definition) is 2. The van der Waals surface area contributed by atoms with Crippen molar-refractivity contribution in [2.45, 2.75) is 6.54 Å². The summed E-state index contributed by atoms with van der Waals surface area (Å²) in [6.45, 7) is 0.559. The zero-order valence-corrected chi connectivity index (χ0v) is 11.1. The van der Waals surface area contributed by atoms with Crippen LogP contribution in [0.5, 0.6) is 11.5 Å². The molecule has 3 N–H and O–H groups in total. The number of hydrogen-bond acceptors (Lipinski definition) is 6. The summed E-state index contributed by atoms with van der Waals surface area (Å²) < 4.78 is 10.5. The van der Waals surface area contributed by atoms with E-state index in [1.54, 1.807) is 25.6 Å². The van der Waals surface area contributed by atoms with Gasteiger partial charge in [-0.2, -0.15) is 0 Å². The van der Waals surface area contributed by atoms with E-state index in [4.69, 9.17) is 15.3 Å². The van der Waals surface area contributed by atoms with Crippen LogP contribution in [-0.4, -0.2) is 19.2 Å². The maximum absolute atomic E-state index is 5.36. The van der Waals surface area contributed by atoms with Crippen LogP contribution in [0.25, 0.3) is 11.3 Å². The molecule has 2 rings (SSSR count). The number of aromatic nitrogens is 1. The summed E-state index contributed by atoms with van der Waals surface area (Å²) in [5.41, 5.74) is 4.41. The SMILES string of the molecule is COc1ccc(-c2csc(CNN)n2)c(OC)c1. The Bertz CT molecular complexity index is 528. The van der Waals surface area contributed by atoms with Crippen molar-refractivity contribution < 1.29 is 9.47 Å². The second-order valence-electron chi connectivity index (χ2n) is 3.57. The Morgan fingerprint density at radius 2 is 2.17 bits per heavy atom. The molecular formula is C12H15N3O2S. The zero-order chi connectivity index (χ0) is 13.0. The molecule has 0 unspecified atom stereocenters. The van der Waals surface area contributed by atoms with Crippen molar-refractivity contribution in [2.24, 2.45) is 5.84 Å². The fraction of sp³-hybridized carbons (Fsp3) is 0.250. The largest absolute Gasteiger partial charge is 0.497 e. The molecule has 0 aliphatic rings. The number of nitrogens with two attached hydrogens (primary N) is 1. The molecule has 0 bridgehead atoms. The number of hydrazine groups is 1. The van der Waals surface area contributed by atoms with Crippen LogP contribution >= 0.6 is 11.3 Å². The normalized spacial score (nSPS) is 10.4. The second kappa shape index (κ2) is 5.81. The summed E-state index contributed by atoms with van der Waals surface area (Å²) in [7, 11) is 3.26. The molecule has 0 atom stereocenters. The Balaban J connectivity index is 2.36. The van der Waals surface area contributed by atoms with E-state index in [-0.39, 0.29) is 0 Å². The van der Waals surface area contributed by atoms with E-state index in [9.17, 15) is 0 Å². The predicted molar refractivity (Wildman–Crippen MR) is 71.7 cm³/mol. The molecule has 1 heterocycles. The average molecular weight is 265 g/mol. The van der Waals surface area contributed by atoms with Gasteiger partial charge in [-0.1, -0.05) is 0 Å². The van der Waals surface area contributed by atoms with Crippen molar-refractivity contribution in [2.75, 3.05) is 14.2 Å². The van der Waals surface area contributed by atoms with Crippen molar-refractivity contribution in [3.8, 4) is 22.8 Å². The maximum Gasteiger partial charge on any atom is 0.131 e. The quantitative estimate of drug-likeness (QED) is 0.637. The van der Waals surface area contributed by atoms with Crippen molar-refractivity contribution in [3.05, 3.63) is 28.6 Å². The molecule has 0 spiro atoms. The highest BCUT2D eigenvalue weighted by Gasteiger charge is 2.10. The topological polar surface area (TPSA) is 69.4 Å². The second-order valence-corrected chi connectivity index (χ2v) is 4.52. The molecule has 0 amide bonds. The summed E-state index contributed by atoms with van der Waals surface area (Å²) in [5, 5.41) is 2.92. The van der Waals surface area contributed by atoms with Crippen LogP contribution < -0.4 is 20.7 Å². The van der Waals surface area contributed by atoms with E-state index in [0.29, 0.717) is 6.54 Å². The van der Waals surface area contributed by atoms with Crippen LogP contribution in [0.1, 0.15) is 5.01 Å². The molecule has 0 aliphatic carbocycles. The van der Waals surface area contributed by atoms with E-state index in [1.807, 2.05) is 23.6 Å². The van der Waals surface area contributed by atoms with Crippen molar-refractivity contribution in [3.63, 3.8) is 0 Å². The molecule has 0 saturated carbocycles. The number of rotatable bonds is 5.